The molecule has 0 unspecified atom stereocenters. The standard InChI is InChI=1S/C22H19N3O4.C22H22N2O4/c1-24-10-19(26)25-16(22(24)27)9-14-13-4-2-3-5-15(13)23-20(14)21(25)12-6-7-17-18(8-12)29-11-28-17;1-15-14-16(2)24-21(23-15)28-19(20(25)26)22(27-3,17-10-6-4-7-11-17)18-12-8-5-9-13-18/h2-8,16,21,23H,9-11H2,1H3;4-14,19H,1-3H3,(H,25,26)/t16-,21-;19-/m11/s1. The molecule has 57 heavy (non-hydrogen) atoms. The fourth-order valence-corrected chi connectivity index (χ4v) is 8.18. The number of benzene rings is 4. The minimum atomic E-state index is -1.41. The van der Waals surface area contributed by atoms with Crippen molar-refractivity contribution in [1.29, 1.82) is 0 Å². The Balaban J connectivity index is 0.000000160. The molecule has 9 rings (SSSR count). The summed E-state index contributed by atoms with van der Waals surface area (Å²) in [5.41, 5.74) is 5.26. The smallest absolute Gasteiger partial charge is 0.348 e. The normalized spacial score (nSPS) is 17.7. The van der Waals surface area contributed by atoms with Crippen molar-refractivity contribution in [3.05, 3.63) is 149 Å². The van der Waals surface area contributed by atoms with Gasteiger partial charge in [-0.3, -0.25) is 9.59 Å². The van der Waals surface area contributed by atoms with Crippen molar-refractivity contribution in [2.24, 2.45) is 0 Å². The highest BCUT2D eigenvalue weighted by molar-refractivity contribution is 5.97. The Morgan fingerprint density at radius 2 is 1.51 bits per heavy atom. The van der Waals surface area contributed by atoms with Gasteiger partial charge in [0.1, 0.15) is 6.04 Å². The Kier molecular flexibility index (Phi) is 9.84. The molecule has 3 aliphatic heterocycles. The first-order valence-corrected chi connectivity index (χ1v) is 18.5. The number of aryl methyl sites for hydroxylation is 2. The third-order valence-electron chi connectivity index (χ3n) is 10.7. The van der Waals surface area contributed by atoms with Crippen LogP contribution in [-0.2, 0) is 31.1 Å². The Morgan fingerprint density at radius 1 is 0.877 bits per heavy atom. The van der Waals surface area contributed by atoms with Gasteiger partial charge < -0.3 is 38.8 Å². The van der Waals surface area contributed by atoms with E-state index in [-0.39, 0.29) is 37.2 Å². The number of ether oxygens (including phenoxy) is 4. The Hall–Kier alpha value is -6.73. The topological polar surface area (TPSA) is 156 Å². The van der Waals surface area contributed by atoms with Crippen molar-refractivity contribution < 1.29 is 38.4 Å². The predicted octanol–water partition coefficient (Wildman–Crippen LogP) is 5.73. The second-order valence-electron chi connectivity index (χ2n) is 14.2. The Morgan fingerprint density at radius 3 is 2.16 bits per heavy atom. The number of H-pyrrole nitrogens is 1. The summed E-state index contributed by atoms with van der Waals surface area (Å²) in [5, 5.41) is 11.2. The molecule has 0 bridgehead atoms. The van der Waals surface area contributed by atoms with E-state index in [4.69, 9.17) is 18.9 Å². The molecule has 3 aliphatic rings. The number of carboxylic acids is 1. The first-order chi connectivity index (χ1) is 27.6. The van der Waals surface area contributed by atoms with Crippen LogP contribution in [0.3, 0.4) is 0 Å². The van der Waals surface area contributed by atoms with E-state index >= 15 is 0 Å². The highest BCUT2D eigenvalue weighted by Gasteiger charge is 2.50. The number of aromatic amines is 1. The van der Waals surface area contributed by atoms with Gasteiger partial charge >= 0.3 is 12.0 Å². The molecule has 13 heteroatoms. The molecular weight excluding hydrogens is 727 g/mol. The minimum absolute atomic E-state index is 0.00168. The number of methoxy groups -OCH3 is 1. The maximum Gasteiger partial charge on any atom is 0.348 e. The van der Waals surface area contributed by atoms with Crippen molar-refractivity contribution >= 4 is 28.7 Å². The molecule has 2 aromatic heterocycles. The number of amides is 2. The Labute approximate surface area is 328 Å². The molecule has 5 heterocycles. The number of nitrogens with one attached hydrogen (secondary N) is 1. The summed E-state index contributed by atoms with van der Waals surface area (Å²) in [6, 6.07) is 33.0. The zero-order valence-corrected chi connectivity index (χ0v) is 31.8. The molecule has 290 valence electrons. The van der Waals surface area contributed by atoms with Gasteiger partial charge in [-0.1, -0.05) is 84.9 Å². The molecule has 6 aromatic rings. The first-order valence-electron chi connectivity index (χ1n) is 18.5. The zero-order chi connectivity index (χ0) is 39.8. The van der Waals surface area contributed by atoms with Gasteiger partial charge in [-0.05, 0) is 60.4 Å². The van der Waals surface area contributed by atoms with Crippen molar-refractivity contribution in [2.45, 2.75) is 44.1 Å². The molecular formula is C44H41N5O8. The molecule has 0 saturated carbocycles. The fraction of sp³-hybridized carbons (Fsp3) is 0.250. The average molecular weight is 768 g/mol. The van der Waals surface area contributed by atoms with Crippen LogP contribution in [0.2, 0.25) is 0 Å². The SMILES string of the molecule is CN1CC(=O)N2[C@H](c3ccc4c(c3)OCO4)c3[nH]c4ccccc4c3C[C@@H]2C1=O.COC(c1ccccc1)(c1ccccc1)[C@H](Oc1nc(C)cc(C)n1)C(=O)O. The van der Waals surface area contributed by atoms with E-state index in [9.17, 15) is 19.5 Å². The van der Waals surface area contributed by atoms with Crippen LogP contribution in [0.5, 0.6) is 17.5 Å². The van der Waals surface area contributed by atoms with Gasteiger partial charge in [-0.25, -0.2) is 14.8 Å². The number of carbonyl (C=O) groups is 3. The third-order valence-corrected chi connectivity index (χ3v) is 10.7. The molecule has 2 amide bonds. The lowest BCUT2D eigenvalue weighted by Crippen LogP contribution is -2.62. The third kappa shape index (κ3) is 6.69. The quantitative estimate of drug-likeness (QED) is 0.196. The highest BCUT2D eigenvalue weighted by Crippen LogP contribution is 2.45. The highest BCUT2D eigenvalue weighted by atomic mass is 16.7. The van der Waals surface area contributed by atoms with E-state index in [0.29, 0.717) is 40.4 Å². The number of piperazine rings is 1. The number of aromatic nitrogens is 3. The van der Waals surface area contributed by atoms with Crippen LogP contribution in [0.15, 0.2) is 109 Å². The number of hydrogen-bond donors (Lipinski definition) is 2. The maximum absolute atomic E-state index is 13.1. The number of aliphatic carboxylic acids is 1. The second kappa shape index (κ2) is 15.1. The fourth-order valence-electron chi connectivity index (χ4n) is 8.18. The van der Waals surface area contributed by atoms with Crippen LogP contribution < -0.4 is 14.2 Å². The van der Waals surface area contributed by atoms with Gasteiger partial charge in [-0.2, -0.15) is 0 Å². The summed E-state index contributed by atoms with van der Waals surface area (Å²) < 4.78 is 22.8. The second-order valence-corrected chi connectivity index (χ2v) is 14.2. The number of rotatable bonds is 8. The molecule has 2 N–H and O–H groups in total. The average Bonchev–Trinajstić information content (AvgIpc) is 3.84. The molecule has 0 aliphatic carbocycles. The van der Waals surface area contributed by atoms with E-state index in [1.54, 1.807) is 31.9 Å². The lowest BCUT2D eigenvalue weighted by atomic mass is 9.81. The molecule has 1 saturated heterocycles. The van der Waals surface area contributed by atoms with Crippen molar-refractivity contribution in [2.75, 3.05) is 27.5 Å². The summed E-state index contributed by atoms with van der Waals surface area (Å²) in [7, 11) is 3.17. The molecule has 1 fully saturated rings. The van der Waals surface area contributed by atoms with Crippen LogP contribution in [0.25, 0.3) is 10.9 Å². The largest absolute Gasteiger partial charge is 0.478 e. The number of nitrogens with zero attached hydrogens (tertiary/aromatic N) is 4. The van der Waals surface area contributed by atoms with Crippen molar-refractivity contribution in [3.8, 4) is 17.5 Å². The summed E-state index contributed by atoms with van der Waals surface area (Å²) in [6.45, 7) is 3.88. The summed E-state index contributed by atoms with van der Waals surface area (Å²) in [6.07, 6.45) is -0.904. The van der Waals surface area contributed by atoms with Gasteiger partial charge in [0.05, 0.1) is 12.6 Å². The number of para-hydroxylation sites is 1. The number of carboxylic acid groups (broad SMARTS) is 1. The van der Waals surface area contributed by atoms with Gasteiger partial charge in [0.25, 0.3) is 0 Å². The van der Waals surface area contributed by atoms with E-state index < -0.39 is 23.7 Å². The monoisotopic (exact) mass is 767 g/mol. The van der Waals surface area contributed by atoms with Gasteiger partial charge in [0.15, 0.2) is 17.1 Å². The predicted molar refractivity (Wildman–Crippen MR) is 209 cm³/mol. The van der Waals surface area contributed by atoms with Crippen LogP contribution in [0.4, 0.5) is 0 Å². The van der Waals surface area contributed by atoms with Crippen LogP contribution in [-0.4, -0.2) is 87.3 Å². The molecule has 3 atom stereocenters. The van der Waals surface area contributed by atoms with Crippen LogP contribution >= 0.6 is 0 Å². The Bertz CT molecular complexity index is 2410. The summed E-state index contributed by atoms with van der Waals surface area (Å²) in [4.78, 5) is 53.7. The van der Waals surface area contributed by atoms with Crippen LogP contribution in [0, 0.1) is 13.8 Å². The zero-order valence-electron chi connectivity index (χ0n) is 31.8. The van der Waals surface area contributed by atoms with Crippen LogP contribution in [0.1, 0.15) is 45.4 Å². The first kappa shape index (κ1) is 37.2. The lowest BCUT2D eigenvalue weighted by Gasteiger charge is -2.46. The number of carbonyl (C=O) groups excluding carboxylic acids is 2. The summed E-state index contributed by atoms with van der Waals surface area (Å²) in [5.74, 6) is 0.0987. The van der Waals surface area contributed by atoms with E-state index in [2.05, 4.69) is 21.0 Å². The van der Waals surface area contributed by atoms with E-state index in [1.165, 1.54) is 12.0 Å². The minimum Gasteiger partial charge on any atom is -0.478 e. The number of fused-ring (bicyclic) bond motifs is 5. The molecule has 4 aromatic carbocycles. The molecule has 0 radical (unpaired) electrons. The van der Waals surface area contributed by atoms with Gasteiger partial charge in [0, 0.05) is 48.6 Å². The van der Waals surface area contributed by atoms with E-state index in [0.717, 1.165) is 27.7 Å². The number of hydrogen-bond acceptors (Lipinski definition) is 9. The van der Waals surface area contributed by atoms with Gasteiger partial charge in [-0.15, -0.1) is 0 Å². The van der Waals surface area contributed by atoms with Gasteiger partial charge in [0.2, 0.25) is 24.7 Å². The van der Waals surface area contributed by atoms with Crippen molar-refractivity contribution in [1.82, 2.24) is 24.8 Å². The van der Waals surface area contributed by atoms with E-state index in [1.807, 2.05) is 97.1 Å². The summed E-state index contributed by atoms with van der Waals surface area (Å²) >= 11 is 0. The molecule has 13 nitrogen and oxygen atoms in total. The van der Waals surface area contributed by atoms with Crippen molar-refractivity contribution in [3.63, 3.8) is 0 Å². The maximum atomic E-state index is 13.1. The molecule has 0 spiro atoms. The lowest BCUT2D eigenvalue weighted by molar-refractivity contribution is -0.160. The number of likely N-dealkylation sites (N-methyl/N-ethyl adjacent to an activating group) is 1.